The van der Waals surface area contributed by atoms with Crippen molar-refractivity contribution in [3.8, 4) is 5.75 Å². The van der Waals surface area contributed by atoms with Gasteiger partial charge in [0, 0.05) is 6.54 Å². The molecule has 1 amide bonds. The van der Waals surface area contributed by atoms with Crippen molar-refractivity contribution in [1.82, 2.24) is 10.2 Å². The molecule has 0 bridgehead atoms. The maximum absolute atomic E-state index is 13.0. The van der Waals surface area contributed by atoms with E-state index in [4.69, 9.17) is 4.74 Å². The molecule has 1 saturated carbocycles. The fraction of sp³-hybridized carbons (Fsp3) is 0.435. The van der Waals surface area contributed by atoms with Crippen LogP contribution in [0.2, 0.25) is 0 Å². The summed E-state index contributed by atoms with van der Waals surface area (Å²) in [6, 6.07) is 18.7. The van der Waals surface area contributed by atoms with E-state index in [1.54, 1.807) is 7.11 Å². The molecule has 27 heavy (non-hydrogen) atoms. The van der Waals surface area contributed by atoms with E-state index in [0.717, 1.165) is 37.2 Å². The molecule has 142 valence electrons. The monoisotopic (exact) mass is 364 g/mol. The molecule has 2 aromatic rings. The summed E-state index contributed by atoms with van der Waals surface area (Å²) in [5, 5.41) is 3.28. The summed E-state index contributed by atoms with van der Waals surface area (Å²) in [6.45, 7) is 2.84. The highest BCUT2D eigenvalue weighted by molar-refractivity contribution is 5.91. The summed E-state index contributed by atoms with van der Waals surface area (Å²) >= 11 is 0. The number of carbonyl (C=O) groups is 1. The number of hydrogen-bond acceptors (Lipinski definition) is 3. The summed E-state index contributed by atoms with van der Waals surface area (Å²) in [6.07, 6.45) is 4.35. The highest BCUT2D eigenvalue weighted by Gasteiger charge is 2.51. The van der Waals surface area contributed by atoms with E-state index in [-0.39, 0.29) is 17.4 Å². The molecule has 2 aromatic carbocycles. The third-order valence-corrected chi connectivity index (χ3v) is 6.05. The quantitative estimate of drug-likeness (QED) is 0.815. The molecule has 1 aliphatic heterocycles. The van der Waals surface area contributed by atoms with Crippen molar-refractivity contribution in [2.45, 2.75) is 37.1 Å². The van der Waals surface area contributed by atoms with Crippen LogP contribution in [0.3, 0.4) is 0 Å². The van der Waals surface area contributed by atoms with Gasteiger partial charge in [-0.3, -0.25) is 9.69 Å². The van der Waals surface area contributed by atoms with Crippen LogP contribution in [0.15, 0.2) is 54.6 Å². The Hall–Kier alpha value is -2.33. The minimum absolute atomic E-state index is 0.173. The molecule has 0 radical (unpaired) electrons. The molecule has 2 aliphatic rings. The Bertz CT molecular complexity index is 763. The van der Waals surface area contributed by atoms with Crippen LogP contribution in [0.25, 0.3) is 0 Å². The largest absolute Gasteiger partial charge is 0.497 e. The van der Waals surface area contributed by atoms with Crippen LogP contribution < -0.4 is 10.1 Å². The summed E-state index contributed by atoms with van der Waals surface area (Å²) in [7, 11) is 1.69. The minimum atomic E-state index is -0.309. The first-order valence-corrected chi connectivity index (χ1v) is 9.95. The average Bonchev–Trinajstić information content (AvgIpc) is 3.37. The van der Waals surface area contributed by atoms with Gasteiger partial charge in [-0.25, -0.2) is 0 Å². The second-order valence-corrected chi connectivity index (χ2v) is 7.69. The van der Waals surface area contributed by atoms with Crippen molar-refractivity contribution < 1.29 is 9.53 Å². The van der Waals surface area contributed by atoms with Crippen molar-refractivity contribution in [2.24, 2.45) is 0 Å². The minimum Gasteiger partial charge on any atom is -0.497 e. The van der Waals surface area contributed by atoms with Crippen LogP contribution in [0.4, 0.5) is 0 Å². The van der Waals surface area contributed by atoms with E-state index in [1.807, 2.05) is 30.3 Å². The van der Waals surface area contributed by atoms with Gasteiger partial charge in [0.1, 0.15) is 5.75 Å². The summed E-state index contributed by atoms with van der Waals surface area (Å²) in [5.41, 5.74) is 2.07. The molecule has 0 aromatic heterocycles. The lowest BCUT2D eigenvalue weighted by molar-refractivity contribution is -0.123. The van der Waals surface area contributed by atoms with Gasteiger partial charge in [-0.05, 0) is 62.0 Å². The number of nitrogens with one attached hydrogen (secondary N) is 1. The van der Waals surface area contributed by atoms with Crippen molar-refractivity contribution in [3.05, 3.63) is 65.7 Å². The Morgan fingerprint density at radius 1 is 1.07 bits per heavy atom. The molecule has 1 atom stereocenters. The molecule has 4 heteroatoms. The zero-order chi connectivity index (χ0) is 18.7. The predicted molar refractivity (Wildman–Crippen MR) is 107 cm³/mol. The Balaban J connectivity index is 1.48. The normalized spacial score (nSPS) is 19.4. The van der Waals surface area contributed by atoms with E-state index in [0.29, 0.717) is 6.54 Å². The molecule has 1 N–H and O–H groups in total. The maximum Gasteiger partial charge on any atom is 0.230 e. The smallest absolute Gasteiger partial charge is 0.230 e. The molecule has 0 spiro atoms. The fourth-order valence-electron chi connectivity index (χ4n) is 4.22. The lowest BCUT2D eigenvalue weighted by Crippen LogP contribution is -2.41. The maximum atomic E-state index is 13.0. The highest BCUT2D eigenvalue weighted by atomic mass is 16.5. The predicted octanol–water partition coefficient (Wildman–Crippen LogP) is 3.68. The summed E-state index contributed by atoms with van der Waals surface area (Å²) < 4.78 is 5.29. The molecule has 4 rings (SSSR count). The Kier molecular flexibility index (Phi) is 5.17. The average molecular weight is 364 g/mol. The fourth-order valence-corrected chi connectivity index (χ4v) is 4.22. The first-order chi connectivity index (χ1) is 13.2. The first-order valence-electron chi connectivity index (χ1n) is 9.95. The number of ether oxygens (including phenoxy) is 1. The molecule has 1 unspecified atom stereocenters. The van der Waals surface area contributed by atoms with Gasteiger partial charge in [0.05, 0.1) is 18.6 Å². The molecule has 1 saturated heterocycles. The van der Waals surface area contributed by atoms with Crippen molar-refractivity contribution >= 4 is 5.91 Å². The number of hydrogen-bond donors (Lipinski definition) is 1. The van der Waals surface area contributed by atoms with Crippen molar-refractivity contribution in [3.63, 3.8) is 0 Å². The van der Waals surface area contributed by atoms with E-state index < -0.39 is 0 Å². The van der Waals surface area contributed by atoms with Crippen molar-refractivity contribution in [2.75, 3.05) is 26.7 Å². The molecule has 1 heterocycles. The van der Waals surface area contributed by atoms with E-state index >= 15 is 0 Å². The van der Waals surface area contributed by atoms with Crippen LogP contribution >= 0.6 is 0 Å². The van der Waals surface area contributed by atoms with Gasteiger partial charge in [0.25, 0.3) is 0 Å². The Morgan fingerprint density at radius 3 is 2.33 bits per heavy atom. The zero-order valence-corrected chi connectivity index (χ0v) is 16.0. The van der Waals surface area contributed by atoms with Gasteiger partial charge < -0.3 is 10.1 Å². The number of likely N-dealkylation sites (tertiary alicyclic amines) is 1. The van der Waals surface area contributed by atoms with Crippen LogP contribution in [-0.4, -0.2) is 37.6 Å². The van der Waals surface area contributed by atoms with Crippen LogP contribution in [0.1, 0.15) is 42.9 Å². The van der Waals surface area contributed by atoms with Crippen LogP contribution in [0.5, 0.6) is 5.75 Å². The van der Waals surface area contributed by atoms with Gasteiger partial charge in [-0.2, -0.15) is 0 Å². The number of amides is 1. The van der Waals surface area contributed by atoms with Gasteiger partial charge >= 0.3 is 0 Å². The summed E-state index contributed by atoms with van der Waals surface area (Å²) in [4.78, 5) is 15.5. The highest BCUT2D eigenvalue weighted by Crippen LogP contribution is 2.48. The Morgan fingerprint density at radius 2 is 1.74 bits per heavy atom. The van der Waals surface area contributed by atoms with Gasteiger partial charge in [-0.1, -0.05) is 42.5 Å². The standard InChI is InChI=1S/C23H28N2O2/c1-27-20-11-9-18(10-12-20)21(25-15-5-6-16-25)17-24-22(26)23(13-14-23)19-7-3-2-4-8-19/h2-4,7-12,21H,5-6,13-17H2,1H3,(H,24,26). The lowest BCUT2D eigenvalue weighted by atomic mass is 9.94. The third-order valence-electron chi connectivity index (χ3n) is 6.05. The topological polar surface area (TPSA) is 41.6 Å². The lowest BCUT2D eigenvalue weighted by Gasteiger charge is -2.29. The number of rotatable bonds is 7. The van der Waals surface area contributed by atoms with Gasteiger partial charge in [0.2, 0.25) is 5.91 Å². The molecular weight excluding hydrogens is 336 g/mol. The zero-order valence-electron chi connectivity index (χ0n) is 16.0. The van der Waals surface area contributed by atoms with Crippen LogP contribution in [-0.2, 0) is 10.2 Å². The van der Waals surface area contributed by atoms with E-state index in [2.05, 4.69) is 34.5 Å². The SMILES string of the molecule is COc1ccc(C(CNC(=O)C2(c3ccccc3)CC2)N2CCCC2)cc1. The van der Waals surface area contributed by atoms with Crippen molar-refractivity contribution in [1.29, 1.82) is 0 Å². The number of methoxy groups -OCH3 is 1. The Labute approximate surface area is 161 Å². The second-order valence-electron chi connectivity index (χ2n) is 7.69. The van der Waals surface area contributed by atoms with E-state index in [1.165, 1.54) is 18.4 Å². The molecule has 4 nitrogen and oxygen atoms in total. The van der Waals surface area contributed by atoms with Gasteiger partial charge in [-0.15, -0.1) is 0 Å². The molecule has 2 fully saturated rings. The number of benzene rings is 2. The second kappa shape index (κ2) is 7.73. The molecular formula is C23H28N2O2. The first kappa shape index (κ1) is 18.1. The number of carbonyl (C=O) groups excluding carboxylic acids is 1. The van der Waals surface area contributed by atoms with Crippen LogP contribution in [0, 0.1) is 0 Å². The van der Waals surface area contributed by atoms with E-state index in [9.17, 15) is 4.79 Å². The number of nitrogens with zero attached hydrogens (tertiary/aromatic N) is 1. The summed E-state index contributed by atoms with van der Waals surface area (Å²) in [5.74, 6) is 1.04. The third kappa shape index (κ3) is 3.72. The molecule has 1 aliphatic carbocycles. The van der Waals surface area contributed by atoms with Gasteiger partial charge in [0.15, 0.2) is 0 Å².